The van der Waals surface area contributed by atoms with Crippen LogP contribution in [0.1, 0.15) is 44.5 Å². The first kappa shape index (κ1) is 17.9. The highest BCUT2D eigenvalue weighted by Gasteiger charge is 2.45. The van der Waals surface area contributed by atoms with Gasteiger partial charge in [-0.15, -0.1) is 0 Å². The van der Waals surface area contributed by atoms with E-state index in [9.17, 15) is 19.1 Å². The molecule has 0 unspecified atom stereocenters. The summed E-state index contributed by atoms with van der Waals surface area (Å²) < 4.78 is 16.6. The van der Waals surface area contributed by atoms with E-state index in [-0.39, 0.29) is 28.9 Å². The van der Waals surface area contributed by atoms with Crippen molar-refractivity contribution in [1.82, 2.24) is 14.9 Å². The zero-order valence-corrected chi connectivity index (χ0v) is 15.8. The normalized spacial score (nSPS) is 24.8. The van der Waals surface area contributed by atoms with Gasteiger partial charge in [0.2, 0.25) is 5.43 Å². The minimum Gasteiger partial charge on any atom is -0.477 e. The fourth-order valence-electron chi connectivity index (χ4n) is 4.28. The molecule has 144 valence electrons. The van der Waals surface area contributed by atoms with Gasteiger partial charge in [-0.25, -0.2) is 14.2 Å². The third kappa shape index (κ3) is 2.62. The lowest BCUT2D eigenvalue weighted by Gasteiger charge is -2.35. The molecule has 2 bridgehead atoms. The summed E-state index contributed by atoms with van der Waals surface area (Å²) in [6.45, 7) is 8.47. The van der Waals surface area contributed by atoms with Gasteiger partial charge >= 0.3 is 5.97 Å². The molecule has 2 aromatic rings. The Morgan fingerprint density at radius 3 is 2.67 bits per heavy atom. The minimum absolute atomic E-state index is 0.0128. The molecule has 2 aliphatic heterocycles. The number of piperazine rings is 1. The summed E-state index contributed by atoms with van der Waals surface area (Å²) in [5.41, 5.74) is -1.33. The summed E-state index contributed by atoms with van der Waals surface area (Å²) in [6.07, 6.45) is 2.24. The molecule has 2 N–H and O–H groups in total. The lowest BCUT2D eigenvalue weighted by atomic mass is 10.1. The summed E-state index contributed by atoms with van der Waals surface area (Å²) in [4.78, 5) is 30.6. The van der Waals surface area contributed by atoms with E-state index in [4.69, 9.17) is 0 Å². The molecular weight excluding hydrogens is 351 g/mol. The number of fused-ring (bicyclic) bond motifs is 3. The number of aromatic carboxylic acids is 1. The molecule has 0 amide bonds. The fraction of sp³-hybridized carbons (Fsp3) is 0.526. The minimum atomic E-state index is -1.33. The first-order valence-corrected chi connectivity index (χ1v) is 9.11. The lowest BCUT2D eigenvalue weighted by molar-refractivity contribution is 0.0694. The maximum Gasteiger partial charge on any atom is 0.341 e. The van der Waals surface area contributed by atoms with E-state index >= 15 is 0 Å². The van der Waals surface area contributed by atoms with E-state index in [0.29, 0.717) is 11.7 Å². The molecule has 7 nitrogen and oxygen atoms in total. The van der Waals surface area contributed by atoms with Gasteiger partial charge in [-0.05, 0) is 40.2 Å². The van der Waals surface area contributed by atoms with Crippen LogP contribution in [0.25, 0.3) is 11.0 Å². The van der Waals surface area contributed by atoms with Gasteiger partial charge in [0, 0.05) is 36.4 Å². The number of halogens is 1. The highest BCUT2D eigenvalue weighted by Crippen LogP contribution is 2.35. The summed E-state index contributed by atoms with van der Waals surface area (Å²) in [5, 5.41) is 12.8. The van der Waals surface area contributed by atoms with Crippen molar-refractivity contribution in [1.29, 1.82) is 0 Å². The van der Waals surface area contributed by atoms with E-state index in [1.807, 2.05) is 32.6 Å². The number of aromatic nitrogens is 2. The molecule has 2 aromatic heterocycles. The second kappa shape index (κ2) is 5.76. The Labute approximate surface area is 155 Å². The van der Waals surface area contributed by atoms with Crippen LogP contribution in [0, 0.1) is 5.82 Å². The molecule has 0 saturated carbocycles. The Kier molecular flexibility index (Phi) is 3.82. The third-order valence-electron chi connectivity index (χ3n) is 5.67. The zero-order valence-electron chi connectivity index (χ0n) is 15.8. The lowest BCUT2D eigenvalue weighted by Crippen LogP contribution is -2.50. The Balaban J connectivity index is 2.00. The zero-order chi connectivity index (χ0) is 19.7. The largest absolute Gasteiger partial charge is 0.477 e. The second-order valence-corrected chi connectivity index (χ2v) is 8.43. The van der Waals surface area contributed by atoms with Crippen LogP contribution in [-0.2, 0) is 5.54 Å². The molecule has 4 heterocycles. The molecule has 4 rings (SSSR count). The summed E-state index contributed by atoms with van der Waals surface area (Å²) in [5.74, 6) is -1.70. The van der Waals surface area contributed by atoms with Gasteiger partial charge in [0.1, 0.15) is 11.2 Å². The highest BCUT2D eigenvalue weighted by atomic mass is 19.1. The van der Waals surface area contributed by atoms with Crippen LogP contribution in [0.3, 0.4) is 0 Å². The quantitative estimate of drug-likeness (QED) is 0.835. The molecular formula is C19H23FN4O3. The molecule has 3 atom stereocenters. The van der Waals surface area contributed by atoms with Gasteiger partial charge in [-0.1, -0.05) is 0 Å². The SMILES string of the molecule is C[C@H]1[C@H]2C[C@H](CN2)N1c1nc2c(cc1F)c(=O)c(C(=O)O)cn2C(C)(C)C. The van der Waals surface area contributed by atoms with Crippen molar-refractivity contribution in [3.05, 3.63) is 33.9 Å². The number of carboxylic acid groups (broad SMARTS) is 1. The average Bonchev–Trinajstić information content (AvgIpc) is 3.15. The Morgan fingerprint density at radius 2 is 2.11 bits per heavy atom. The summed E-state index contributed by atoms with van der Waals surface area (Å²) in [6, 6.07) is 1.70. The van der Waals surface area contributed by atoms with Crippen LogP contribution >= 0.6 is 0 Å². The number of hydrogen-bond acceptors (Lipinski definition) is 5. The summed E-state index contributed by atoms with van der Waals surface area (Å²) >= 11 is 0. The van der Waals surface area contributed by atoms with Crippen molar-refractivity contribution >= 4 is 22.8 Å². The number of nitrogens with one attached hydrogen (secondary N) is 1. The summed E-state index contributed by atoms with van der Waals surface area (Å²) in [7, 11) is 0. The number of pyridine rings is 2. The van der Waals surface area contributed by atoms with Gasteiger partial charge < -0.3 is 19.9 Å². The number of carboxylic acids is 1. The standard InChI is InChI=1S/C19H23FN4O3/c1-9-14-5-10(7-21-14)24(9)17-13(20)6-11-15(25)12(18(26)27)8-23(16(11)22-17)19(2,3)4/h6,8-10,14,21H,5,7H2,1-4H3,(H,26,27)/t9-,10+,14+/m0/s1. The second-order valence-electron chi connectivity index (χ2n) is 8.43. The van der Waals surface area contributed by atoms with E-state index < -0.39 is 22.8 Å². The molecule has 0 aliphatic carbocycles. The number of rotatable bonds is 2. The van der Waals surface area contributed by atoms with Crippen molar-refractivity contribution in [3.63, 3.8) is 0 Å². The molecule has 0 radical (unpaired) electrons. The predicted octanol–water partition coefficient (Wildman–Crippen LogP) is 1.93. The monoisotopic (exact) mass is 374 g/mol. The van der Waals surface area contributed by atoms with Crippen LogP contribution in [0.15, 0.2) is 17.1 Å². The highest BCUT2D eigenvalue weighted by molar-refractivity contribution is 5.92. The predicted molar refractivity (Wildman–Crippen MR) is 100 cm³/mol. The van der Waals surface area contributed by atoms with Crippen LogP contribution in [-0.4, -0.2) is 45.3 Å². The van der Waals surface area contributed by atoms with E-state index in [0.717, 1.165) is 19.0 Å². The Bertz CT molecular complexity index is 1010. The Morgan fingerprint density at radius 1 is 1.41 bits per heavy atom. The van der Waals surface area contributed by atoms with Gasteiger partial charge in [-0.2, -0.15) is 0 Å². The van der Waals surface area contributed by atoms with Crippen molar-refractivity contribution in [2.45, 2.75) is 57.8 Å². The van der Waals surface area contributed by atoms with Crippen LogP contribution < -0.4 is 15.6 Å². The maximum atomic E-state index is 15.0. The molecule has 2 aliphatic rings. The van der Waals surface area contributed by atoms with Crippen LogP contribution in [0.2, 0.25) is 0 Å². The smallest absolute Gasteiger partial charge is 0.341 e. The first-order valence-electron chi connectivity index (χ1n) is 9.11. The third-order valence-corrected chi connectivity index (χ3v) is 5.67. The molecule has 27 heavy (non-hydrogen) atoms. The number of carbonyl (C=O) groups is 1. The van der Waals surface area contributed by atoms with E-state index in [2.05, 4.69) is 10.3 Å². The van der Waals surface area contributed by atoms with Gasteiger partial charge in [0.15, 0.2) is 11.6 Å². The average molecular weight is 374 g/mol. The van der Waals surface area contributed by atoms with Crippen molar-refractivity contribution in [2.24, 2.45) is 0 Å². The molecule has 0 aromatic carbocycles. The molecule has 8 heteroatoms. The van der Waals surface area contributed by atoms with Gasteiger partial charge in [-0.3, -0.25) is 4.79 Å². The van der Waals surface area contributed by atoms with Crippen molar-refractivity contribution in [3.8, 4) is 0 Å². The number of anilines is 1. The topological polar surface area (TPSA) is 87.5 Å². The van der Waals surface area contributed by atoms with Crippen LogP contribution in [0.4, 0.5) is 10.2 Å². The Hall–Kier alpha value is -2.48. The molecule has 0 spiro atoms. The van der Waals surface area contributed by atoms with E-state index in [1.165, 1.54) is 6.20 Å². The number of hydrogen-bond donors (Lipinski definition) is 2. The van der Waals surface area contributed by atoms with Crippen LogP contribution in [0.5, 0.6) is 0 Å². The van der Waals surface area contributed by atoms with Crippen molar-refractivity contribution in [2.75, 3.05) is 11.4 Å². The van der Waals surface area contributed by atoms with Gasteiger partial charge in [0.25, 0.3) is 0 Å². The number of nitrogens with zero attached hydrogens (tertiary/aromatic N) is 3. The van der Waals surface area contributed by atoms with Crippen molar-refractivity contribution < 1.29 is 14.3 Å². The molecule has 2 saturated heterocycles. The fourth-order valence-corrected chi connectivity index (χ4v) is 4.28. The molecule has 2 fully saturated rings. The first-order chi connectivity index (χ1) is 12.6. The van der Waals surface area contributed by atoms with E-state index in [1.54, 1.807) is 4.57 Å². The maximum absolute atomic E-state index is 15.0. The van der Waals surface area contributed by atoms with Gasteiger partial charge in [0.05, 0.1) is 5.39 Å².